The van der Waals surface area contributed by atoms with E-state index in [1.165, 1.54) is 19.3 Å². The summed E-state index contributed by atoms with van der Waals surface area (Å²) in [6, 6.07) is 0. The largest absolute Gasteiger partial charge is 0.385 e. The predicted molar refractivity (Wildman–Crippen MR) is 57.0 cm³/mol. The van der Waals surface area contributed by atoms with Gasteiger partial charge in [-0.25, -0.2) is 0 Å². The maximum Gasteiger partial charge on any atom is 0.148 e. The van der Waals surface area contributed by atoms with Gasteiger partial charge in [0.2, 0.25) is 0 Å². The average molecular weight is 198 g/mol. The van der Waals surface area contributed by atoms with E-state index < -0.39 is 6.10 Å². The Labute approximate surface area is 86.7 Å². The molecule has 0 heterocycles. The van der Waals surface area contributed by atoms with Crippen molar-refractivity contribution >= 4 is 6.29 Å². The van der Waals surface area contributed by atoms with Crippen molar-refractivity contribution in [3.8, 4) is 0 Å². The second kappa shape index (κ2) is 5.50. The van der Waals surface area contributed by atoms with Gasteiger partial charge in [0.1, 0.15) is 12.4 Å². The molecule has 2 nitrogen and oxygen atoms in total. The molecular formula is C12H22O2. The third-order valence-electron chi connectivity index (χ3n) is 3.32. The van der Waals surface area contributed by atoms with Crippen molar-refractivity contribution in [1.29, 1.82) is 0 Å². The summed E-state index contributed by atoms with van der Waals surface area (Å²) in [5.74, 6) is 1.83. The molecule has 1 unspecified atom stereocenters. The van der Waals surface area contributed by atoms with Crippen LogP contribution < -0.4 is 0 Å². The van der Waals surface area contributed by atoms with E-state index in [0.29, 0.717) is 6.29 Å². The summed E-state index contributed by atoms with van der Waals surface area (Å²) >= 11 is 0. The molecule has 0 spiro atoms. The summed E-state index contributed by atoms with van der Waals surface area (Å²) in [6.07, 6.45) is 5.70. The Kier molecular flexibility index (Phi) is 4.59. The zero-order valence-electron chi connectivity index (χ0n) is 9.28. The normalized spacial score (nSPS) is 30.3. The molecule has 1 rings (SSSR count). The van der Waals surface area contributed by atoms with Gasteiger partial charge in [0, 0.05) is 0 Å². The van der Waals surface area contributed by atoms with Gasteiger partial charge in [-0.15, -0.1) is 0 Å². The predicted octanol–water partition coefficient (Wildman–Crippen LogP) is 2.40. The van der Waals surface area contributed by atoms with Crippen molar-refractivity contribution in [1.82, 2.24) is 0 Å². The number of rotatable bonds is 4. The monoisotopic (exact) mass is 198 g/mol. The van der Waals surface area contributed by atoms with Gasteiger partial charge in [-0.2, -0.15) is 0 Å². The van der Waals surface area contributed by atoms with Crippen LogP contribution in [-0.4, -0.2) is 17.5 Å². The van der Waals surface area contributed by atoms with E-state index in [0.717, 1.165) is 24.7 Å². The zero-order valence-corrected chi connectivity index (χ0v) is 9.28. The molecule has 1 aliphatic rings. The highest BCUT2D eigenvalue weighted by atomic mass is 16.3. The van der Waals surface area contributed by atoms with E-state index in [9.17, 15) is 9.90 Å². The van der Waals surface area contributed by atoms with E-state index in [1.54, 1.807) is 0 Å². The number of aldehydes is 1. The van der Waals surface area contributed by atoms with Gasteiger partial charge in [-0.05, 0) is 37.0 Å². The third kappa shape index (κ3) is 3.41. The molecule has 0 aliphatic heterocycles. The van der Waals surface area contributed by atoms with Crippen LogP contribution in [0.15, 0.2) is 0 Å². The number of carbonyl (C=O) groups is 1. The molecule has 1 N–H and O–H groups in total. The Hall–Kier alpha value is -0.370. The fourth-order valence-electron chi connectivity index (χ4n) is 2.54. The number of hydrogen-bond donors (Lipinski definition) is 1. The van der Waals surface area contributed by atoms with Gasteiger partial charge < -0.3 is 9.90 Å². The Morgan fingerprint density at radius 2 is 1.86 bits per heavy atom. The van der Waals surface area contributed by atoms with Crippen LogP contribution in [0.25, 0.3) is 0 Å². The van der Waals surface area contributed by atoms with Gasteiger partial charge in [0.25, 0.3) is 0 Å². The number of aliphatic hydroxyl groups excluding tert-OH is 1. The first kappa shape index (κ1) is 11.7. The summed E-state index contributed by atoms with van der Waals surface area (Å²) in [6.45, 7) is 4.51. The first-order valence-electron chi connectivity index (χ1n) is 5.76. The molecule has 1 aliphatic carbocycles. The third-order valence-corrected chi connectivity index (χ3v) is 3.32. The van der Waals surface area contributed by atoms with E-state index in [1.807, 2.05) is 0 Å². The van der Waals surface area contributed by atoms with Crippen LogP contribution in [0.2, 0.25) is 0 Å². The minimum absolute atomic E-state index is 0.232. The lowest BCUT2D eigenvalue weighted by molar-refractivity contribution is -0.118. The fourth-order valence-corrected chi connectivity index (χ4v) is 2.54. The van der Waals surface area contributed by atoms with Crippen LogP contribution >= 0.6 is 0 Å². The number of hydrogen-bond acceptors (Lipinski definition) is 2. The molecule has 1 atom stereocenters. The van der Waals surface area contributed by atoms with Crippen molar-refractivity contribution in [2.75, 3.05) is 0 Å². The van der Waals surface area contributed by atoms with Crippen LogP contribution in [0.5, 0.6) is 0 Å². The van der Waals surface area contributed by atoms with Crippen LogP contribution in [-0.2, 0) is 4.79 Å². The van der Waals surface area contributed by atoms with Crippen molar-refractivity contribution < 1.29 is 9.90 Å². The molecule has 0 amide bonds. The number of aliphatic hydroxyl groups is 1. The quantitative estimate of drug-likeness (QED) is 0.704. The van der Waals surface area contributed by atoms with Crippen LogP contribution in [0.3, 0.4) is 0 Å². The summed E-state index contributed by atoms with van der Waals surface area (Å²) in [7, 11) is 0. The van der Waals surface area contributed by atoms with E-state index in [2.05, 4.69) is 13.8 Å². The maximum absolute atomic E-state index is 10.4. The van der Waals surface area contributed by atoms with E-state index >= 15 is 0 Å². The fraction of sp³-hybridized carbons (Fsp3) is 0.917. The van der Waals surface area contributed by atoms with Gasteiger partial charge in [-0.3, -0.25) is 0 Å². The molecule has 82 valence electrons. The minimum Gasteiger partial charge on any atom is -0.385 e. The zero-order chi connectivity index (χ0) is 10.6. The molecule has 0 aromatic rings. The summed E-state index contributed by atoms with van der Waals surface area (Å²) in [5, 5.41) is 9.38. The highest BCUT2D eigenvalue weighted by Crippen LogP contribution is 2.33. The molecule has 0 aromatic carbocycles. The standard InChI is InChI=1S/C12H22O2/c1-9(2)7-10-3-5-11(6-4-10)12(14)8-13/h8-12,14H,3-7H2,1-2H3. The lowest BCUT2D eigenvalue weighted by atomic mass is 9.77. The minimum atomic E-state index is -0.713. The summed E-state index contributed by atoms with van der Waals surface area (Å²) in [5.41, 5.74) is 0. The molecular weight excluding hydrogens is 176 g/mol. The van der Waals surface area contributed by atoms with Crippen LogP contribution in [0.4, 0.5) is 0 Å². The maximum atomic E-state index is 10.4. The molecule has 1 saturated carbocycles. The van der Waals surface area contributed by atoms with E-state index in [4.69, 9.17) is 0 Å². The second-order valence-electron chi connectivity index (χ2n) is 5.04. The van der Waals surface area contributed by atoms with Gasteiger partial charge in [-0.1, -0.05) is 26.7 Å². The molecule has 0 radical (unpaired) electrons. The lowest BCUT2D eigenvalue weighted by Crippen LogP contribution is -2.27. The second-order valence-corrected chi connectivity index (χ2v) is 5.04. The molecule has 0 saturated heterocycles. The summed E-state index contributed by atoms with van der Waals surface area (Å²) in [4.78, 5) is 10.4. The van der Waals surface area contributed by atoms with Crippen molar-refractivity contribution in [2.45, 2.75) is 52.1 Å². The SMILES string of the molecule is CC(C)CC1CCC(C(O)C=O)CC1. The van der Waals surface area contributed by atoms with Gasteiger partial charge >= 0.3 is 0 Å². The Morgan fingerprint density at radius 3 is 2.29 bits per heavy atom. The molecule has 2 heteroatoms. The molecule has 1 fully saturated rings. The first-order valence-corrected chi connectivity index (χ1v) is 5.76. The molecule has 0 aromatic heterocycles. The highest BCUT2D eigenvalue weighted by Gasteiger charge is 2.26. The summed E-state index contributed by atoms with van der Waals surface area (Å²) < 4.78 is 0. The molecule has 14 heavy (non-hydrogen) atoms. The Bertz CT molecular complexity index is 169. The smallest absolute Gasteiger partial charge is 0.148 e. The molecule has 0 bridgehead atoms. The van der Waals surface area contributed by atoms with E-state index in [-0.39, 0.29) is 5.92 Å². The van der Waals surface area contributed by atoms with Crippen LogP contribution in [0, 0.1) is 17.8 Å². The van der Waals surface area contributed by atoms with Crippen molar-refractivity contribution in [3.63, 3.8) is 0 Å². The average Bonchev–Trinajstić information content (AvgIpc) is 2.17. The van der Waals surface area contributed by atoms with Crippen LogP contribution in [0.1, 0.15) is 46.0 Å². The Balaban J connectivity index is 2.27. The highest BCUT2D eigenvalue weighted by molar-refractivity contribution is 5.56. The van der Waals surface area contributed by atoms with Gasteiger partial charge in [0.05, 0.1) is 0 Å². The van der Waals surface area contributed by atoms with Crippen molar-refractivity contribution in [2.24, 2.45) is 17.8 Å². The number of carbonyl (C=O) groups excluding carboxylic acids is 1. The van der Waals surface area contributed by atoms with Gasteiger partial charge in [0.15, 0.2) is 0 Å². The lowest BCUT2D eigenvalue weighted by Gasteiger charge is -2.30. The van der Waals surface area contributed by atoms with Crippen molar-refractivity contribution in [3.05, 3.63) is 0 Å². The topological polar surface area (TPSA) is 37.3 Å². The first-order chi connectivity index (χ1) is 6.63. The Morgan fingerprint density at radius 1 is 1.29 bits per heavy atom.